The van der Waals surface area contributed by atoms with Crippen molar-refractivity contribution in [1.29, 1.82) is 0 Å². The molecule has 0 saturated heterocycles. The number of methoxy groups -OCH3 is 1. The van der Waals surface area contributed by atoms with Crippen molar-refractivity contribution in [2.24, 2.45) is 0 Å². The lowest BCUT2D eigenvalue weighted by atomic mass is 10.1. The molecule has 0 fully saturated rings. The maximum absolute atomic E-state index is 12.1. The van der Waals surface area contributed by atoms with Crippen LogP contribution in [0.5, 0.6) is 5.75 Å². The van der Waals surface area contributed by atoms with E-state index in [-0.39, 0.29) is 23.5 Å². The number of carbonyl (C=O) groups is 1. The molecule has 2 N–H and O–H groups in total. The summed E-state index contributed by atoms with van der Waals surface area (Å²) in [5.41, 5.74) is 6.17. The molecule has 7 nitrogen and oxygen atoms in total. The molecule has 2 aromatic rings. The number of rotatable bonds is 5. The summed E-state index contributed by atoms with van der Waals surface area (Å²) in [5.74, 6) is -0.179. The predicted octanol–water partition coefficient (Wildman–Crippen LogP) is 3.31. The van der Waals surface area contributed by atoms with Crippen molar-refractivity contribution in [1.82, 2.24) is 0 Å². The number of nitrogen functional groups attached to an aromatic ring is 1. The summed E-state index contributed by atoms with van der Waals surface area (Å²) in [4.78, 5) is 22.3. The van der Waals surface area contributed by atoms with Gasteiger partial charge in [0, 0.05) is 27.9 Å². The molecule has 0 spiro atoms. The fourth-order valence-electron chi connectivity index (χ4n) is 1.92. The summed E-state index contributed by atoms with van der Waals surface area (Å²) >= 11 is 3.32. The topological polar surface area (TPSA) is 105 Å². The molecule has 23 heavy (non-hydrogen) atoms. The Morgan fingerprint density at radius 3 is 2.70 bits per heavy atom. The van der Waals surface area contributed by atoms with Crippen LogP contribution in [0.1, 0.15) is 15.9 Å². The van der Waals surface area contributed by atoms with E-state index in [1.807, 2.05) is 0 Å². The quantitative estimate of drug-likeness (QED) is 0.369. The number of anilines is 1. The average Bonchev–Trinajstić information content (AvgIpc) is 2.53. The molecule has 0 unspecified atom stereocenters. The third kappa shape index (κ3) is 3.98. The maximum atomic E-state index is 12.1. The van der Waals surface area contributed by atoms with Gasteiger partial charge < -0.3 is 15.2 Å². The molecule has 8 heteroatoms. The molecule has 0 saturated carbocycles. The van der Waals surface area contributed by atoms with Crippen molar-refractivity contribution < 1.29 is 19.2 Å². The van der Waals surface area contributed by atoms with Crippen LogP contribution in [0.3, 0.4) is 0 Å². The van der Waals surface area contributed by atoms with Crippen molar-refractivity contribution in [2.45, 2.75) is 6.61 Å². The lowest BCUT2D eigenvalue weighted by molar-refractivity contribution is -0.384. The van der Waals surface area contributed by atoms with Crippen LogP contribution in [0.15, 0.2) is 40.9 Å². The van der Waals surface area contributed by atoms with Gasteiger partial charge in [0.2, 0.25) is 0 Å². The second-order valence-electron chi connectivity index (χ2n) is 4.56. The molecule has 0 aliphatic heterocycles. The molecular weight excluding hydrogens is 368 g/mol. The first-order chi connectivity index (χ1) is 10.9. The summed E-state index contributed by atoms with van der Waals surface area (Å²) in [6.45, 7) is -0.0520. The number of nitrogens with zero attached hydrogens (tertiary/aromatic N) is 1. The molecule has 0 aromatic heterocycles. The Morgan fingerprint density at radius 1 is 1.30 bits per heavy atom. The summed E-state index contributed by atoms with van der Waals surface area (Å²) in [6, 6.07) is 8.90. The number of non-ortho nitro benzene ring substituents is 1. The number of nitro groups is 1. The minimum absolute atomic E-state index is 0.0480. The van der Waals surface area contributed by atoms with E-state index >= 15 is 0 Å². The highest BCUT2D eigenvalue weighted by atomic mass is 79.9. The number of hydrogen-bond donors (Lipinski definition) is 1. The molecular formula is C15H13BrN2O5. The zero-order valence-corrected chi connectivity index (χ0v) is 13.7. The standard InChI is InChI=1S/C15H13BrN2O5/c1-22-14-5-2-10(16)6-9(14)8-23-15(19)12-7-11(18(20)21)3-4-13(12)17/h2-7H,8,17H2,1H3. The largest absolute Gasteiger partial charge is 0.496 e. The van der Waals surface area contributed by atoms with Gasteiger partial charge in [0.1, 0.15) is 12.4 Å². The van der Waals surface area contributed by atoms with Gasteiger partial charge in [-0.15, -0.1) is 0 Å². The third-order valence-electron chi connectivity index (χ3n) is 3.07. The van der Waals surface area contributed by atoms with Gasteiger partial charge >= 0.3 is 5.97 Å². The summed E-state index contributed by atoms with van der Waals surface area (Å²) in [5, 5.41) is 10.8. The van der Waals surface area contributed by atoms with Crippen LogP contribution in [-0.4, -0.2) is 18.0 Å². The molecule has 0 radical (unpaired) electrons. The zero-order valence-electron chi connectivity index (χ0n) is 12.1. The smallest absolute Gasteiger partial charge is 0.340 e. The Labute approximate surface area is 140 Å². The van der Waals surface area contributed by atoms with Crippen molar-refractivity contribution in [3.05, 3.63) is 62.1 Å². The van der Waals surface area contributed by atoms with E-state index in [1.165, 1.54) is 19.2 Å². The van der Waals surface area contributed by atoms with Crippen LogP contribution >= 0.6 is 15.9 Å². The van der Waals surface area contributed by atoms with E-state index in [0.29, 0.717) is 11.3 Å². The number of halogens is 1. The zero-order chi connectivity index (χ0) is 17.0. The van der Waals surface area contributed by atoms with Crippen molar-refractivity contribution in [2.75, 3.05) is 12.8 Å². The number of esters is 1. The van der Waals surface area contributed by atoms with E-state index < -0.39 is 10.9 Å². The average molecular weight is 381 g/mol. The normalized spacial score (nSPS) is 10.2. The highest BCUT2D eigenvalue weighted by Crippen LogP contribution is 2.25. The molecule has 0 heterocycles. The van der Waals surface area contributed by atoms with Gasteiger partial charge in [-0.2, -0.15) is 0 Å². The number of nitro benzene ring substituents is 1. The summed E-state index contributed by atoms with van der Waals surface area (Å²) in [6.07, 6.45) is 0. The highest BCUT2D eigenvalue weighted by Gasteiger charge is 2.17. The van der Waals surface area contributed by atoms with Gasteiger partial charge in [-0.05, 0) is 24.3 Å². The number of carbonyl (C=O) groups excluding carboxylic acids is 1. The monoisotopic (exact) mass is 380 g/mol. The lowest BCUT2D eigenvalue weighted by Crippen LogP contribution is -2.09. The van der Waals surface area contributed by atoms with Gasteiger partial charge in [-0.1, -0.05) is 15.9 Å². The SMILES string of the molecule is COc1ccc(Br)cc1COC(=O)c1cc([N+](=O)[O-])ccc1N. The number of nitrogens with two attached hydrogens (primary N) is 1. The fraction of sp³-hybridized carbons (Fsp3) is 0.133. The van der Waals surface area contributed by atoms with Crippen LogP contribution in [-0.2, 0) is 11.3 Å². The van der Waals surface area contributed by atoms with Crippen LogP contribution in [0, 0.1) is 10.1 Å². The summed E-state index contributed by atoms with van der Waals surface area (Å²) < 4.78 is 11.2. The van der Waals surface area contributed by atoms with Gasteiger partial charge in [0.15, 0.2) is 0 Å². The Bertz CT molecular complexity index is 764. The summed E-state index contributed by atoms with van der Waals surface area (Å²) in [7, 11) is 1.51. The van der Waals surface area contributed by atoms with Gasteiger partial charge in [-0.25, -0.2) is 4.79 Å². The minimum atomic E-state index is -0.742. The molecule has 0 amide bonds. The second-order valence-corrected chi connectivity index (χ2v) is 5.48. The number of benzene rings is 2. The molecule has 0 aliphatic rings. The first kappa shape index (κ1) is 16.8. The minimum Gasteiger partial charge on any atom is -0.496 e. The third-order valence-corrected chi connectivity index (χ3v) is 3.56. The molecule has 0 bridgehead atoms. The van der Waals surface area contributed by atoms with Crippen molar-refractivity contribution in [3.63, 3.8) is 0 Å². The van der Waals surface area contributed by atoms with Crippen LogP contribution < -0.4 is 10.5 Å². The van der Waals surface area contributed by atoms with Crippen molar-refractivity contribution in [3.8, 4) is 5.75 Å². The number of hydrogen-bond acceptors (Lipinski definition) is 6. The Morgan fingerprint density at radius 2 is 2.04 bits per heavy atom. The Kier molecular flexibility index (Phi) is 5.17. The van der Waals surface area contributed by atoms with E-state index in [9.17, 15) is 14.9 Å². The van der Waals surface area contributed by atoms with Crippen molar-refractivity contribution >= 4 is 33.3 Å². The molecule has 120 valence electrons. The molecule has 2 aromatic carbocycles. The van der Waals surface area contributed by atoms with E-state index in [0.717, 1.165) is 10.5 Å². The molecule has 0 atom stereocenters. The first-order valence-electron chi connectivity index (χ1n) is 6.46. The number of ether oxygens (including phenoxy) is 2. The fourth-order valence-corrected chi connectivity index (χ4v) is 2.32. The van der Waals surface area contributed by atoms with Gasteiger partial charge in [-0.3, -0.25) is 10.1 Å². The predicted molar refractivity (Wildman–Crippen MR) is 87.3 cm³/mol. The molecule has 0 aliphatic carbocycles. The Balaban J connectivity index is 2.19. The maximum Gasteiger partial charge on any atom is 0.340 e. The van der Waals surface area contributed by atoms with E-state index in [4.69, 9.17) is 15.2 Å². The van der Waals surface area contributed by atoms with Crippen LogP contribution in [0.4, 0.5) is 11.4 Å². The Hall–Kier alpha value is -2.61. The van der Waals surface area contributed by atoms with Gasteiger partial charge in [0.25, 0.3) is 5.69 Å². The van der Waals surface area contributed by atoms with Gasteiger partial charge in [0.05, 0.1) is 17.6 Å². The second kappa shape index (κ2) is 7.10. The first-order valence-corrected chi connectivity index (χ1v) is 7.25. The molecule has 2 rings (SSSR count). The van der Waals surface area contributed by atoms with E-state index in [2.05, 4.69) is 15.9 Å². The van der Waals surface area contributed by atoms with Crippen LogP contribution in [0.2, 0.25) is 0 Å². The van der Waals surface area contributed by atoms with E-state index in [1.54, 1.807) is 18.2 Å². The lowest BCUT2D eigenvalue weighted by Gasteiger charge is -2.10. The van der Waals surface area contributed by atoms with Crippen LogP contribution in [0.25, 0.3) is 0 Å². The highest BCUT2D eigenvalue weighted by molar-refractivity contribution is 9.10.